The van der Waals surface area contributed by atoms with Crippen LogP contribution < -0.4 is 5.32 Å². The zero-order valence-electron chi connectivity index (χ0n) is 12.0. The van der Waals surface area contributed by atoms with Gasteiger partial charge < -0.3 is 5.32 Å². The molecular formula is C15H19BrClN3. The number of nitrogens with zero attached hydrogens (tertiary/aromatic N) is 2. The minimum absolute atomic E-state index is 0.106. The Kier molecular flexibility index (Phi) is 5.24. The van der Waals surface area contributed by atoms with Crippen molar-refractivity contribution < 1.29 is 0 Å². The Morgan fingerprint density at radius 2 is 2.15 bits per heavy atom. The van der Waals surface area contributed by atoms with Crippen LogP contribution in [0.2, 0.25) is 5.02 Å². The van der Waals surface area contributed by atoms with Crippen molar-refractivity contribution in [1.29, 1.82) is 0 Å². The van der Waals surface area contributed by atoms with Gasteiger partial charge in [0.2, 0.25) is 0 Å². The third-order valence-electron chi connectivity index (χ3n) is 3.36. The molecule has 1 N–H and O–H groups in total. The molecule has 1 unspecified atom stereocenters. The molecule has 0 saturated heterocycles. The number of hydrogen-bond acceptors (Lipinski definition) is 2. The maximum absolute atomic E-state index is 6.07. The molecule has 0 bridgehead atoms. The van der Waals surface area contributed by atoms with E-state index in [0.717, 1.165) is 28.3 Å². The van der Waals surface area contributed by atoms with Crippen LogP contribution in [0.3, 0.4) is 0 Å². The molecule has 1 aromatic heterocycles. The summed E-state index contributed by atoms with van der Waals surface area (Å²) in [6, 6.07) is 6.13. The van der Waals surface area contributed by atoms with Crippen molar-refractivity contribution >= 4 is 27.5 Å². The number of hydrogen-bond donors (Lipinski definition) is 1. The average molecular weight is 357 g/mol. The van der Waals surface area contributed by atoms with Crippen LogP contribution in [0.15, 0.2) is 28.9 Å². The monoisotopic (exact) mass is 355 g/mol. The number of aryl methyl sites for hydroxylation is 2. The molecule has 2 aromatic rings. The van der Waals surface area contributed by atoms with Gasteiger partial charge in [-0.2, -0.15) is 5.10 Å². The molecule has 0 aliphatic rings. The molecule has 108 valence electrons. The van der Waals surface area contributed by atoms with E-state index in [1.165, 1.54) is 11.1 Å². The average Bonchev–Trinajstić information content (AvgIpc) is 2.78. The maximum Gasteiger partial charge on any atom is 0.0762 e. The largest absolute Gasteiger partial charge is 0.305 e. The Bertz CT molecular complexity index is 595. The molecule has 0 spiro atoms. The van der Waals surface area contributed by atoms with Crippen molar-refractivity contribution in [2.75, 3.05) is 6.54 Å². The van der Waals surface area contributed by atoms with E-state index < -0.39 is 0 Å². The second kappa shape index (κ2) is 6.74. The Balaban J connectivity index is 2.53. The van der Waals surface area contributed by atoms with Crippen LogP contribution in [0.1, 0.15) is 36.7 Å². The van der Waals surface area contributed by atoms with E-state index in [0.29, 0.717) is 0 Å². The first kappa shape index (κ1) is 15.5. The molecule has 0 radical (unpaired) electrons. The number of aromatic nitrogens is 2. The molecule has 0 fully saturated rings. The van der Waals surface area contributed by atoms with Crippen LogP contribution in [0.5, 0.6) is 0 Å². The first-order valence-corrected chi connectivity index (χ1v) is 7.96. The molecule has 0 aliphatic carbocycles. The van der Waals surface area contributed by atoms with Crippen molar-refractivity contribution in [3.05, 3.63) is 50.7 Å². The predicted octanol–water partition coefficient (Wildman–Crippen LogP) is 4.33. The van der Waals surface area contributed by atoms with Crippen LogP contribution in [-0.4, -0.2) is 16.3 Å². The summed E-state index contributed by atoms with van der Waals surface area (Å²) in [6.07, 6.45) is 1.86. The fourth-order valence-corrected chi connectivity index (χ4v) is 3.18. The highest BCUT2D eigenvalue weighted by molar-refractivity contribution is 9.10. The van der Waals surface area contributed by atoms with Gasteiger partial charge in [0.1, 0.15) is 0 Å². The summed E-state index contributed by atoms with van der Waals surface area (Å²) in [6.45, 7) is 8.02. The van der Waals surface area contributed by atoms with Gasteiger partial charge in [-0.05, 0) is 59.6 Å². The Hall–Kier alpha value is -0.840. The molecule has 1 aromatic carbocycles. The van der Waals surface area contributed by atoms with E-state index in [1.807, 2.05) is 23.0 Å². The zero-order valence-corrected chi connectivity index (χ0v) is 14.3. The lowest BCUT2D eigenvalue weighted by Gasteiger charge is -2.22. The quantitative estimate of drug-likeness (QED) is 0.864. The Labute approximate surface area is 133 Å². The zero-order chi connectivity index (χ0) is 14.7. The predicted molar refractivity (Wildman–Crippen MR) is 87.3 cm³/mol. The van der Waals surface area contributed by atoms with Gasteiger partial charge in [-0.3, -0.25) is 4.68 Å². The molecule has 0 saturated carbocycles. The fourth-order valence-electron chi connectivity index (χ4n) is 2.43. The van der Waals surface area contributed by atoms with Crippen LogP contribution in [0.4, 0.5) is 0 Å². The Morgan fingerprint density at radius 1 is 1.40 bits per heavy atom. The number of halogens is 2. The van der Waals surface area contributed by atoms with E-state index in [-0.39, 0.29) is 6.04 Å². The molecule has 0 amide bonds. The van der Waals surface area contributed by atoms with Gasteiger partial charge in [0.25, 0.3) is 0 Å². The first-order chi connectivity index (χ1) is 9.58. The lowest BCUT2D eigenvalue weighted by molar-refractivity contribution is 0.539. The van der Waals surface area contributed by atoms with Gasteiger partial charge in [-0.15, -0.1) is 0 Å². The van der Waals surface area contributed by atoms with Gasteiger partial charge in [-0.25, -0.2) is 0 Å². The lowest BCUT2D eigenvalue weighted by atomic mass is 9.98. The molecule has 5 heteroatoms. The van der Waals surface area contributed by atoms with Crippen LogP contribution >= 0.6 is 27.5 Å². The van der Waals surface area contributed by atoms with Gasteiger partial charge in [-0.1, -0.05) is 24.6 Å². The van der Waals surface area contributed by atoms with Gasteiger partial charge >= 0.3 is 0 Å². The molecule has 20 heavy (non-hydrogen) atoms. The highest BCUT2D eigenvalue weighted by Gasteiger charge is 2.22. The smallest absolute Gasteiger partial charge is 0.0762 e. The lowest BCUT2D eigenvalue weighted by Crippen LogP contribution is -2.25. The van der Waals surface area contributed by atoms with E-state index in [2.05, 4.69) is 53.2 Å². The standard InChI is InChI=1S/C15H19BrClN3/c1-4-18-14(12-7-6-11(17)8-10(12)3)15-13(16)9-19-20(15)5-2/h6-9,14,18H,4-5H2,1-3H3. The van der Waals surface area contributed by atoms with Crippen LogP contribution in [0.25, 0.3) is 0 Å². The van der Waals surface area contributed by atoms with Crippen molar-refractivity contribution in [1.82, 2.24) is 15.1 Å². The summed E-state index contributed by atoms with van der Waals surface area (Å²) >= 11 is 9.68. The fraction of sp³-hybridized carbons (Fsp3) is 0.400. The van der Waals surface area contributed by atoms with E-state index in [1.54, 1.807) is 0 Å². The summed E-state index contributed by atoms with van der Waals surface area (Å²) in [5.74, 6) is 0. The van der Waals surface area contributed by atoms with Crippen LogP contribution in [0, 0.1) is 6.92 Å². The van der Waals surface area contributed by atoms with Crippen LogP contribution in [-0.2, 0) is 6.54 Å². The van der Waals surface area contributed by atoms with E-state index >= 15 is 0 Å². The van der Waals surface area contributed by atoms with Crippen molar-refractivity contribution in [2.45, 2.75) is 33.4 Å². The Morgan fingerprint density at radius 3 is 2.75 bits per heavy atom. The summed E-state index contributed by atoms with van der Waals surface area (Å²) in [4.78, 5) is 0. The van der Waals surface area contributed by atoms with Crippen molar-refractivity contribution in [2.24, 2.45) is 0 Å². The van der Waals surface area contributed by atoms with Gasteiger partial charge in [0.05, 0.1) is 22.4 Å². The third kappa shape index (κ3) is 3.08. The second-order valence-electron chi connectivity index (χ2n) is 4.69. The van der Waals surface area contributed by atoms with Gasteiger partial charge in [0, 0.05) is 11.6 Å². The normalized spacial score (nSPS) is 12.7. The number of benzene rings is 1. The SMILES string of the molecule is CCNC(c1ccc(Cl)cc1C)c1c(Br)cnn1CC. The highest BCUT2D eigenvalue weighted by atomic mass is 79.9. The van der Waals surface area contributed by atoms with Crippen molar-refractivity contribution in [3.63, 3.8) is 0 Å². The topological polar surface area (TPSA) is 29.9 Å². The second-order valence-corrected chi connectivity index (χ2v) is 5.98. The minimum Gasteiger partial charge on any atom is -0.305 e. The summed E-state index contributed by atoms with van der Waals surface area (Å²) in [5, 5.41) is 8.73. The number of rotatable bonds is 5. The van der Waals surface area contributed by atoms with E-state index in [4.69, 9.17) is 11.6 Å². The molecule has 1 heterocycles. The molecule has 3 nitrogen and oxygen atoms in total. The summed E-state index contributed by atoms with van der Waals surface area (Å²) < 4.78 is 3.05. The first-order valence-electron chi connectivity index (χ1n) is 6.79. The summed E-state index contributed by atoms with van der Waals surface area (Å²) in [7, 11) is 0. The van der Waals surface area contributed by atoms with E-state index in [9.17, 15) is 0 Å². The van der Waals surface area contributed by atoms with Gasteiger partial charge in [0.15, 0.2) is 0 Å². The third-order valence-corrected chi connectivity index (χ3v) is 4.20. The van der Waals surface area contributed by atoms with Crippen molar-refractivity contribution in [3.8, 4) is 0 Å². The molecular weight excluding hydrogens is 338 g/mol. The highest BCUT2D eigenvalue weighted by Crippen LogP contribution is 2.31. The maximum atomic E-state index is 6.07. The molecule has 1 atom stereocenters. The minimum atomic E-state index is 0.106. The molecule has 0 aliphatic heterocycles. The molecule has 2 rings (SSSR count). The number of nitrogens with one attached hydrogen (secondary N) is 1. The summed E-state index contributed by atoms with van der Waals surface area (Å²) in [5.41, 5.74) is 3.56.